The van der Waals surface area contributed by atoms with Crippen LogP contribution in [-0.4, -0.2) is 34.6 Å². The van der Waals surface area contributed by atoms with Crippen molar-refractivity contribution in [2.24, 2.45) is 5.73 Å². The van der Waals surface area contributed by atoms with Gasteiger partial charge in [-0.1, -0.05) is 0 Å². The van der Waals surface area contributed by atoms with E-state index in [1.165, 1.54) is 0 Å². The van der Waals surface area contributed by atoms with Gasteiger partial charge in [-0.15, -0.1) is 0 Å². The third kappa shape index (κ3) is 6.92. The van der Waals surface area contributed by atoms with E-state index >= 15 is 0 Å². The second-order valence-electron chi connectivity index (χ2n) is 2.86. The summed E-state index contributed by atoms with van der Waals surface area (Å²) in [6.07, 6.45) is 6.54. The normalized spacial score (nSPS) is 11.8. The molecule has 0 atom stereocenters. The number of rotatable bonds is 3. The van der Waals surface area contributed by atoms with Crippen LogP contribution >= 0.6 is 0 Å². The van der Waals surface area contributed by atoms with Gasteiger partial charge >= 0.3 is 15.6 Å². The molecule has 0 aliphatic heterocycles. The molecule has 0 amide bonds. The highest BCUT2D eigenvalue weighted by atomic mass is 32.2. The van der Waals surface area contributed by atoms with Crippen molar-refractivity contribution in [3.63, 3.8) is 0 Å². The van der Waals surface area contributed by atoms with Gasteiger partial charge in [0.1, 0.15) is 0 Å². The van der Waals surface area contributed by atoms with Crippen LogP contribution < -0.4 is 5.73 Å². The highest BCUT2D eigenvalue weighted by Gasteiger charge is 2.44. The summed E-state index contributed by atoms with van der Waals surface area (Å²) in [6, 6.07) is 0. The molecular formula is C7H12F3N3O3S. The molecule has 17 heavy (non-hydrogen) atoms. The Morgan fingerprint density at radius 1 is 1.41 bits per heavy atom. The van der Waals surface area contributed by atoms with E-state index in [4.69, 9.17) is 18.7 Å². The lowest BCUT2D eigenvalue weighted by Gasteiger charge is -1.97. The Kier molecular flexibility index (Phi) is 6.13. The van der Waals surface area contributed by atoms with E-state index in [-0.39, 0.29) is 0 Å². The number of imidazole rings is 1. The summed E-state index contributed by atoms with van der Waals surface area (Å²) in [6.45, 7) is 1.73. The van der Waals surface area contributed by atoms with E-state index in [2.05, 4.69) is 4.98 Å². The molecule has 0 aromatic carbocycles. The van der Waals surface area contributed by atoms with E-state index in [1.807, 2.05) is 10.8 Å². The minimum Gasteiger partial charge on any atom is -0.337 e. The Morgan fingerprint density at radius 2 is 1.94 bits per heavy atom. The summed E-state index contributed by atoms with van der Waals surface area (Å²) < 4.78 is 59.6. The number of nitrogens with two attached hydrogens (primary N) is 1. The highest BCUT2D eigenvalue weighted by molar-refractivity contribution is 7.86. The lowest BCUT2D eigenvalue weighted by molar-refractivity contribution is -0.0510. The molecule has 3 N–H and O–H groups in total. The SMILES string of the molecule is NCCCn1ccnc1.O=S(=O)(O)C(F)(F)F. The van der Waals surface area contributed by atoms with Crippen molar-refractivity contribution in [1.82, 2.24) is 9.55 Å². The fraction of sp³-hybridized carbons (Fsp3) is 0.571. The third-order valence-electron chi connectivity index (χ3n) is 1.47. The van der Waals surface area contributed by atoms with Crippen LogP contribution in [0.3, 0.4) is 0 Å². The van der Waals surface area contributed by atoms with E-state index in [9.17, 15) is 13.2 Å². The van der Waals surface area contributed by atoms with Crippen LogP contribution in [0.4, 0.5) is 13.2 Å². The van der Waals surface area contributed by atoms with Crippen LogP contribution in [0.25, 0.3) is 0 Å². The third-order valence-corrected chi connectivity index (χ3v) is 2.06. The first-order valence-electron chi connectivity index (χ1n) is 4.38. The number of aryl methyl sites for hydroxylation is 1. The molecule has 0 unspecified atom stereocenters. The minimum absolute atomic E-state index is 0.748. The second kappa shape index (κ2) is 6.57. The lowest BCUT2D eigenvalue weighted by Crippen LogP contribution is -2.21. The molecule has 0 saturated heterocycles. The number of alkyl halides is 3. The van der Waals surface area contributed by atoms with Crippen molar-refractivity contribution in [3.05, 3.63) is 18.7 Å². The van der Waals surface area contributed by atoms with Crippen molar-refractivity contribution in [3.8, 4) is 0 Å². The van der Waals surface area contributed by atoms with Gasteiger partial charge in [-0.25, -0.2) is 4.98 Å². The Hall–Kier alpha value is -1.13. The maximum Gasteiger partial charge on any atom is 0.522 e. The van der Waals surface area contributed by atoms with E-state index in [0.717, 1.165) is 19.5 Å². The number of halogens is 3. The van der Waals surface area contributed by atoms with Crippen molar-refractivity contribution in [1.29, 1.82) is 0 Å². The van der Waals surface area contributed by atoms with Crippen molar-refractivity contribution in [2.45, 2.75) is 18.5 Å². The van der Waals surface area contributed by atoms with Gasteiger partial charge in [0.25, 0.3) is 0 Å². The summed E-state index contributed by atoms with van der Waals surface area (Å²) >= 11 is 0. The van der Waals surface area contributed by atoms with Crippen LogP contribution in [0, 0.1) is 0 Å². The first-order valence-corrected chi connectivity index (χ1v) is 5.82. The van der Waals surface area contributed by atoms with Gasteiger partial charge in [-0.3, -0.25) is 4.55 Å². The number of hydrogen-bond donors (Lipinski definition) is 2. The number of hydrogen-bond acceptors (Lipinski definition) is 4. The molecule has 0 bridgehead atoms. The molecule has 6 nitrogen and oxygen atoms in total. The van der Waals surface area contributed by atoms with Gasteiger partial charge < -0.3 is 10.3 Å². The van der Waals surface area contributed by atoms with Gasteiger partial charge in [0.2, 0.25) is 0 Å². The largest absolute Gasteiger partial charge is 0.522 e. The Morgan fingerprint density at radius 3 is 2.24 bits per heavy atom. The molecule has 100 valence electrons. The van der Waals surface area contributed by atoms with E-state index in [1.54, 1.807) is 12.5 Å². The van der Waals surface area contributed by atoms with Crippen LogP contribution in [0.15, 0.2) is 18.7 Å². The number of nitrogens with zero attached hydrogens (tertiary/aromatic N) is 2. The fourth-order valence-electron chi connectivity index (χ4n) is 0.693. The van der Waals surface area contributed by atoms with Crippen LogP contribution in [0.5, 0.6) is 0 Å². The summed E-state index contributed by atoms with van der Waals surface area (Å²) in [7, 11) is -5.84. The first-order chi connectivity index (χ1) is 7.68. The Labute approximate surface area is 96.0 Å². The monoisotopic (exact) mass is 275 g/mol. The standard InChI is InChI=1S/C6H11N3.CHF3O3S/c7-2-1-4-9-5-3-8-6-9;2-1(3,4)8(5,6)7/h3,5-6H,1-2,4,7H2;(H,5,6,7). The second-order valence-corrected chi connectivity index (χ2v) is 4.28. The zero-order chi connectivity index (χ0) is 13.5. The van der Waals surface area contributed by atoms with Gasteiger partial charge in [0.15, 0.2) is 0 Å². The van der Waals surface area contributed by atoms with E-state index in [0.29, 0.717) is 0 Å². The summed E-state index contributed by atoms with van der Waals surface area (Å²) in [4.78, 5) is 3.90. The zero-order valence-electron chi connectivity index (χ0n) is 8.63. The molecule has 1 heterocycles. The molecule has 1 aromatic heterocycles. The topological polar surface area (TPSA) is 98.2 Å². The summed E-state index contributed by atoms with van der Waals surface area (Å²) in [5.41, 5.74) is -0.223. The van der Waals surface area contributed by atoms with E-state index < -0.39 is 15.6 Å². The predicted octanol–water partition coefficient (Wildman–Crippen LogP) is 0.626. The molecule has 0 saturated carbocycles. The molecular weight excluding hydrogens is 263 g/mol. The maximum absolute atomic E-state index is 10.7. The fourth-order valence-corrected chi connectivity index (χ4v) is 0.693. The quantitative estimate of drug-likeness (QED) is 0.622. The van der Waals surface area contributed by atoms with Crippen molar-refractivity contribution in [2.75, 3.05) is 6.54 Å². The Bertz CT molecular complexity index is 402. The van der Waals surface area contributed by atoms with Gasteiger partial charge in [-0.05, 0) is 13.0 Å². The smallest absolute Gasteiger partial charge is 0.337 e. The lowest BCUT2D eigenvalue weighted by atomic mass is 10.4. The van der Waals surface area contributed by atoms with Gasteiger partial charge in [0.05, 0.1) is 6.33 Å². The summed E-state index contributed by atoms with van der Waals surface area (Å²) in [5, 5.41) is 0. The average molecular weight is 275 g/mol. The molecule has 0 spiro atoms. The number of aromatic nitrogens is 2. The average Bonchev–Trinajstić information content (AvgIpc) is 2.64. The van der Waals surface area contributed by atoms with Crippen LogP contribution in [0.2, 0.25) is 0 Å². The van der Waals surface area contributed by atoms with Crippen LogP contribution in [-0.2, 0) is 16.7 Å². The van der Waals surface area contributed by atoms with Crippen LogP contribution in [0.1, 0.15) is 6.42 Å². The van der Waals surface area contributed by atoms with Crippen molar-refractivity contribution >= 4 is 10.1 Å². The minimum atomic E-state index is -5.84. The highest BCUT2D eigenvalue weighted by Crippen LogP contribution is 2.20. The predicted molar refractivity (Wildman–Crippen MR) is 53.5 cm³/mol. The van der Waals surface area contributed by atoms with Gasteiger partial charge in [-0.2, -0.15) is 21.6 Å². The molecule has 1 rings (SSSR count). The van der Waals surface area contributed by atoms with Gasteiger partial charge in [0, 0.05) is 18.9 Å². The molecule has 0 radical (unpaired) electrons. The zero-order valence-corrected chi connectivity index (χ0v) is 9.45. The molecule has 1 aromatic rings. The van der Waals surface area contributed by atoms with Crippen molar-refractivity contribution < 1.29 is 26.1 Å². The maximum atomic E-state index is 10.7. The Balaban J connectivity index is 0.000000304. The molecule has 10 heteroatoms. The first kappa shape index (κ1) is 15.9. The molecule has 0 aliphatic carbocycles. The summed E-state index contributed by atoms with van der Waals surface area (Å²) in [5.74, 6) is 0. The molecule has 0 aliphatic rings. The molecule has 0 fully saturated rings.